The number of hydrogen-bond donors (Lipinski definition) is 1. The van der Waals surface area contributed by atoms with Crippen molar-refractivity contribution in [1.29, 1.82) is 0 Å². The molecule has 0 saturated carbocycles. The van der Waals surface area contributed by atoms with E-state index in [1.807, 2.05) is 12.1 Å². The molecule has 5 heteroatoms. The van der Waals surface area contributed by atoms with Crippen molar-refractivity contribution in [2.75, 3.05) is 5.73 Å². The second-order valence-corrected chi connectivity index (χ2v) is 4.87. The summed E-state index contributed by atoms with van der Waals surface area (Å²) in [5, 5.41) is 0. The van der Waals surface area contributed by atoms with E-state index in [2.05, 4.69) is 25.9 Å². The Morgan fingerprint density at radius 1 is 1.31 bits per heavy atom. The van der Waals surface area contributed by atoms with E-state index in [4.69, 9.17) is 5.73 Å². The first-order valence-electron chi connectivity index (χ1n) is 3.60. The zero-order valence-electron chi connectivity index (χ0n) is 6.57. The lowest BCUT2D eigenvalue weighted by molar-refractivity contribution is 1.19. The summed E-state index contributed by atoms with van der Waals surface area (Å²) in [6.07, 6.45) is 1.66. The fraction of sp³-hybridized carbons (Fsp3) is 0. The van der Waals surface area contributed by atoms with Crippen LogP contribution in [-0.4, -0.2) is 9.97 Å². The fourth-order valence-corrected chi connectivity index (χ4v) is 2.25. The van der Waals surface area contributed by atoms with E-state index >= 15 is 0 Å². The van der Waals surface area contributed by atoms with Crippen LogP contribution in [0.2, 0.25) is 0 Å². The van der Waals surface area contributed by atoms with Crippen LogP contribution in [0.15, 0.2) is 28.2 Å². The highest BCUT2D eigenvalue weighted by atomic mass is 79.9. The lowest BCUT2D eigenvalue weighted by Crippen LogP contribution is -1.92. The summed E-state index contributed by atoms with van der Waals surface area (Å²) in [6.45, 7) is 0. The second kappa shape index (κ2) is 3.43. The first kappa shape index (κ1) is 8.65. The molecule has 2 aromatic heterocycles. The third-order valence-electron chi connectivity index (χ3n) is 1.47. The van der Waals surface area contributed by atoms with Crippen LogP contribution in [0, 0.1) is 0 Å². The summed E-state index contributed by atoms with van der Waals surface area (Å²) >= 11 is 4.97. The first-order valence-corrected chi connectivity index (χ1v) is 5.21. The monoisotopic (exact) mass is 255 g/mol. The predicted octanol–water partition coefficient (Wildman–Crippen LogP) is 2.55. The number of nitrogen functional groups attached to an aromatic ring is 1. The number of halogens is 1. The standard InChI is InChI=1S/C8H6BrN3S/c9-6-2-1-5(13-6)8-11-4-3-7(10)12-8/h1-4H,(H2,10,11,12). The van der Waals surface area contributed by atoms with Gasteiger partial charge >= 0.3 is 0 Å². The Morgan fingerprint density at radius 2 is 2.15 bits per heavy atom. The molecule has 0 aliphatic rings. The lowest BCUT2D eigenvalue weighted by Gasteiger charge is -1.95. The van der Waals surface area contributed by atoms with Crippen LogP contribution < -0.4 is 5.73 Å². The Bertz CT molecular complexity index is 427. The molecule has 0 aliphatic heterocycles. The third kappa shape index (κ3) is 1.87. The van der Waals surface area contributed by atoms with E-state index in [1.54, 1.807) is 23.6 Å². The van der Waals surface area contributed by atoms with Gasteiger partial charge in [0.05, 0.1) is 8.66 Å². The van der Waals surface area contributed by atoms with Gasteiger partial charge in [0.25, 0.3) is 0 Å². The van der Waals surface area contributed by atoms with Crippen molar-refractivity contribution >= 4 is 33.1 Å². The summed E-state index contributed by atoms with van der Waals surface area (Å²) in [5.74, 6) is 1.17. The Morgan fingerprint density at radius 3 is 2.77 bits per heavy atom. The predicted molar refractivity (Wildman–Crippen MR) is 57.5 cm³/mol. The Balaban J connectivity index is 2.46. The minimum absolute atomic E-state index is 0.495. The van der Waals surface area contributed by atoms with Gasteiger partial charge in [0.15, 0.2) is 5.82 Å². The van der Waals surface area contributed by atoms with Crippen molar-refractivity contribution in [3.63, 3.8) is 0 Å². The largest absolute Gasteiger partial charge is 0.384 e. The normalized spacial score (nSPS) is 10.2. The third-order valence-corrected chi connectivity index (χ3v) is 3.09. The first-order chi connectivity index (χ1) is 6.25. The molecule has 0 bridgehead atoms. The maximum absolute atomic E-state index is 5.54. The van der Waals surface area contributed by atoms with Crippen molar-refractivity contribution < 1.29 is 0 Å². The van der Waals surface area contributed by atoms with Gasteiger partial charge in [-0.15, -0.1) is 11.3 Å². The van der Waals surface area contributed by atoms with Crippen LogP contribution in [0.1, 0.15) is 0 Å². The molecule has 3 nitrogen and oxygen atoms in total. The highest BCUT2D eigenvalue weighted by Crippen LogP contribution is 2.28. The molecule has 2 aromatic rings. The molecule has 0 aliphatic carbocycles. The molecular formula is C8H6BrN3S. The van der Waals surface area contributed by atoms with Crippen LogP contribution in [0.25, 0.3) is 10.7 Å². The summed E-state index contributed by atoms with van der Waals surface area (Å²) in [5.41, 5.74) is 5.54. The Hall–Kier alpha value is -0.940. The average molecular weight is 256 g/mol. The van der Waals surface area contributed by atoms with Crippen LogP contribution in [-0.2, 0) is 0 Å². The summed E-state index contributed by atoms with van der Waals surface area (Å²) in [6, 6.07) is 5.60. The smallest absolute Gasteiger partial charge is 0.171 e. The van der Waals surface area contributed by atoms with Crippen LogP contribution in [0.5, 0.6) is 0 Å². The molecular weight excluding hydrogens is 250 g/mol. The molecule has 0 spiro atoms. The summed E-state index contributed by atoms with van der Waals surface area (Å²) < 4.78 is 1.06. The Kier molecular flexibility index (Phi) is 2.28. The van der Waals surface area contributed by atoms with Crippen molar-refractivity contribution in [3.05, 3.63) is 28.2 Å². The summed E-state index contributed by atoms with van der Waals surface area (Å²) in [7, 11) is 0. The fourth-order valence-electron chi connectivity index (χ4n) is 0.926. The van der Waals surface area contributed by atoms with Crippen LogP contribution in [0.4, 0.5) is 5.82 Å². The van der Waals surface area contributed by atoms with Crippen molar-refractivity contribution in [2.45, 2.75) is 0 Å². The van der Waals surface area contributed by atoms with E-state index < -0.39 is 0 Å². The SMILES string of the molecule is Nc1ccnc(-c2ccc(Br)s2)n1. The second-order valence-electron chi connectivity index (χ2n) is 2.41. The van der Waals surface area contributed by atoms with Gasteiger partial charge in [0, 0.05) is 6.20 Å². The maximum atomic E-state index is 5.54. The molecule has 13 heavy (non-hydrogen) atoms. The number of nitrogens with zero attached hydrogens (tertiary/aromatic N) is 2. The molecule has 66 valence electrons. The van der Waals surface area contributed by atoms with E-state index in [1.165, 1.54) is 0 Å². The van der Waals surface area contributed by atoms with Gasteiger partial charge in [-0.05, 0) is 34.1 Å². The van der Waals surface area contributed by atoms with Gasteiger partial charge in [0.2, 0.25) is 0 Å². The van der Waals surface area contributed by atoms with Crippen molar-refractivity contribution in [3.8, 4) is 10.7 Å². The van der Waals surface area contributed by atoms with Gasteiger partial charge in [-0.2, -0.15) is 0 Å². The molecule has 0 fully saturated rings. The van der Waals surface area contributed by atoms with Gasteiger partial charge < -0.3 is 5.73 Å². The zero-order chi connectivity index (χ0) is 9.26. The molecule has 0 amide bonds. The van der Waals surface area contributed by atoms with Crippen molar-refractivity contribution in [2.24, 2.45) is 0 Å². The van der Waals surface area contributed by atoms with E-state index in [-0.39, 0.29) is 0 Å². The number of rotatable bonds is 1. The van der Waals surface area contributed by atoms with Gasteiger partial charge in [0.1, 0.15) is 5.82 Å². The molecule has 2 heterocycles. The van der Waals surface area contributed by atoms with Gasteiger partial charge in [-0.25, -0.2) is 9.97 Å². The van der Waals surface area contributed by atoms with E-state index in [9.17, 15) is 0 Å². The molecule has 0 saturated heterocycles. The summed E-state index contributed by atoms with van der Waals surface area (Å²) in [4.78, 5) is 9.25. The van der Waals surface area contributed by atoms with Crippen LogP contribution >= 0.6 is 27.3 Å². The number of anilines is 1. The molecule has 2 N–H and O–H groups in total. The molecule has 0 atom stereocenters. The number of aromatic nitrogens is 2. The molecule has 0 radical (unpaired) electrons. The molecule has 0 unspecified atom stereocenters. The highest BCUT2D eigenvalue weighted by Gasteiger charge is 2.03. The van der Waals surface area contributed by atoms with Crippen molar-refractivity contribution in [1.82, 2.24) is 9.97 Å². The quantitative estimate of drug-likeness (QED) is 0.853. The zero-order valence-corrected chi connectivity index (χ0v) is 8.97. The average Bonchev–Trinajstić information content (AvgIpc) is 2.52. The van der Waals surface area contributed by atoms with E-state index in [0.29, 0.717) is 11.6 Å². The maximum Gasteiger partial charge on any atom is 0.171 e. The number of thiophene rings is 1. The van der Waals surface area contributed by atoms with Gasteiger partial charge in [-0.1, -0.05) is 0 Å². The topological polar surface area (TPSA) is 51.8 Å². The molecule has 2 rings (SSSR count). The number of hydrogen-bond acceptors (Lipinski definition) is 4. The molecule has 0 aromatic carbocycles. The Labute approximate surface area is 87.8 Å². The van der Waals surface area contributed by atoms with E-state index in [0.717, 1.165) is 8.66 Å². The lowest BCUT2D eigenvalue weighted by atomic mass is 10.4. The minimum Gasteiger partial charge on any atom is -0.384 e. The van der Waals surface area contributed by atoms with Gasteiger partial charge in [-0.3, -0.25) is 0 Å². The highest BCUT2D eigenvalue weighted by molar-refractivity contribution is 9.11. The minimum atomic E-state index is 0.495. The number of nitrogens with two attached hydrogens (primary N) is 1. The van der Waals surface area contributed by atoms with Crippen LogP contribution in [0.3, 0.4) is 0 Å².